The molecule has 1 aromatic carbocycles. The van der Waals surface area contributed by atoms with Gasteiger partial charge >= 0.3 is 0 Å². The Kier molecular flexibility index (Phi) is 9.33. The van der Waals surface area contributed by atoms with Crippen LogP contribution in [0.4, 0.5) is 0 Å². The van der Waals surface area contributed by atoms with Gasteiger partial charge in [0, 0.05) is 26.3 Å². The van der Waals surface area contributed by atoms with Crippen molar-refractivity contribution in [1.29, 1.82) is 0 Å². The molecule has 0 aliphatic heterocycles. The Bertz CT molecular complexity index is 684. The number of aryl methyl sites for hydroxylation is 2. The highest BCUT2D eigenvalue weighted by atomic mass is 127. The highest BCUT2D eigenvalue weighted by Gasteiger charge is 2.03. The van der Waals surface area contributed by atoms with E-state index in [2.05, 4.69) is 52.8 Å². The molecule has 0 fully saturated rings. The normalized spacial score (nSPS) is 11.0. The molecule has 0 unspecified atom stereocenters. The molecular formula is C18H28IN5O. The van der Waals surface area contributed by atoms with Crippen LogP contribution < -0.4 is 15.4 Å². The topological polar surface area (TPSA) is 63.5 Å². The van der Waals surface area contributed by atoms with Crippen LogP contribution in [0.25, 0.3) is 0 Å². The van der Waals surface area contributed by atoms with Crippen molar-refractivity contribution in [3.8, 4) is 5.75 Å². The number of halogens is 1. The molecule has 7 heteroatoms. The van der Waals surface area contributed by atoms with E-state index in [0.29, 0.717) is 6.54 Å². The van der Waals surface area contributed by atoms with Crippen LogP contribution in [-0.4, -0.2) is 35.9 Å². The van der Waals surface area contributed by atoms with Crippen LogP contribution in [0.3, 0.4) is 0 Å². The molecule has 2 rings (SSSR count). The third kappa shape index (κ3) is 6.56. The van der Waals surface area contributed by atoms with Gasteiger partial charge in [-0.15, -0.1) is 24.0 Å². The van der Waals surface area contributed by atoms with Gasteiger partial charge in [-0.2, -0.15) is 5.10 Å². The van der Waals surface area contributed by atoms with E-state index in [4.69, 9.17) is 4.74 Å². The number of guanidine groups is 1. The molecule has 2 aromatic rings. The number of hydrogen-bond donors (Lipinski definition) is 2. The largest absolute Gasteiger partial charge is 0.496 e. The minimum Gasteiger partial charge on any atom is -0.496 e. The molecule has 0 atom stereocenters. The molecule has 0 aliphatic carbocycles. The standard InChI is InChI=1S/C18H27N5O.HI/c1-5-19-18(21-13-16-9-11-22-23(16)3)20-10-8-15-7-6-14(2)17(12-15)24-4;/h6-7,9,11-12H,5,8,10,13H2,1-4H3,(H2,19,20,21);1H. The smallest absolute Gasteiger partial charge is 0.191 e. The fraction of sp³-hybridized carbons (Fsp3) is 0.444. The van der Waals surface area contributed by atoms with E-state index in [9.17, 15) is 0 Å². The van der Waals surface area contributed by atoms with Gasteiger partial charge in [0.2, 0.25) is 0 Å². The highest BCUT2D eigenvalue weighted by molar-refractivity contribution is 14.0. The predicted octanol–water partition coefficient (Wildman–Crippen LogP) is 2.65. The van der Waals surface area contributed by atoms with E-state index < -0.39 is 0 Å². The molecular weight excluding hydrogens is 429 g/mol. The van der Waals surface area contributed by atoms with E-state index in [-0.39, 0.29) is 24.0 Å². The summed E-state index contributed by atoms with van der Waals surface area (Å²) >= 11 is 0. The van der Waals surface area contributed by atoms with Gasteiger partial charge in [0.05, 0.1) is 19.3 Å². The second kappa shape index (κ2) is 11.0. The monoisotopic (exact) mass is 457 g/mol. The lowest BCUT2D eigenvalue weighted by atomic mass is 10.1. The van der Waals surface area contributed by atoms with Gasteiger partial charge in [-0.3, -0.25) is 4.68 Å². The van der Waals surface area contributed by atoms with Crippen LogP contribution >= 0.6 is 24.0 Å². The molecule has 0 bridgehead atoms. The van der Waals surface area contributed by atoms with Gasteiger partial charge in [-0.25, -0.2) is 4.99 Å². The Hall–Kier alpha value is -1.77. The Morgan fingerprint density at radius 2 is 2.08 bits per heavy atom. The molecule has 2 N–H and O–H groups in total. The van der Waals surface area contributed by atoms with Crippen molar-refractivity contribution in [1.82, 2.24) is 20.4 Å². The number of ether oxygens (including phenoxy) is 1. The number of rotatable bonds is 7. The average molecular weight is 457 g/mol. The van der Waals surface area contributed by atoms with Crippen LogP contribution in [0.5, 0.6) is 5.75 Å². The van der Waals surface area contributed by atoms with E-state index in [1.807, 2.05) is 17.8 Å². The zero-order valence-corrected chi connectivity index (χ0v) is 17.7. The van der Waals surface area contributed by atoms with Crippen molar-refractivity contribution in [2.75, 3.05) is 20.2 Å². The number of aliphatic imine (C=N–C) groups is 1. The summed E-state index contributed by atoms with van der Waals surface area (Å²) < 4.78 is 7.22. The van der Waals surface area contributed by atoms with Gasteiger partial charge in [0.25, 0.3) is 0 Å². The van der Waals surface area contributed by atoms with Crippen LogP contribution in [0.2, 0.25) is 0 Å². The molecule has 1 heterocycles. The van der Waals surface area contributed by atoms with Crippen molar-refractivity contribution in [3.05, 3.63) is 47.3 Å². The molecule has 1 aromatic heterocycles. The Morgan fingerprint density at radius 1 is 1.28 bits per heavy atom. The molecule has 0 amide bonds. The first-order valence-corrected chi connectivity index (χ1v) is 8.26. The third-order valence-corrected chi connectivity index (χ3v) is 3.84. The zero-order valence-electron chi connectivity index (χ0n) is 15.4. The average Bonchev–Trinajstić information content (AvgIpc) is 2.99. The Labute approximate surface area is 167 Å². The van der Waals surface area contributed by atoms with Gasteiger partial charge in [0.1, 0.15) is 5.75 Å². The van der Waals surface area contributed by atoms with Crippen molar-refractivity contribution >= 4 is 29.9 Å². The molecule has 0 aliphatic rings. The van der Waals surface area contributed by atoms with E-state index >= 15 is 0 Å². The first-order valence-electron chi connectivity index (χ1n) is 8.26. The summed E-state index contributed by atoms with van der Waals surface area (Å²) in [4.78, 5) is 4.60. The summed E-state index contributed by atoms with van der Waals surface area (Å²) in [7, 11) is 3.63. The van der Waals surface area contributed by atoms with Crippen molar-refractivity contribution in [2.24, 2.45) is 12.0 Å². The lowest BCUT2D eigenvalue weighted by Gasteiger charge is -2.12. The van der Waals surface area contributed by atoms with Crippen LogP contribution in [0.15, 0.2) is 35.5 Å². The predicted molar refractivity (Wildman–Crippen MR) is 113 cm³/mol. The summed E-state index contributed by atoms with van der Waals surface area (Å²) in [6.07, 6.45) is 2.70. The first-order chi connectivity index (χ1) is 11.6. The summed E-state index contributed by atoms with van der Waals surface area (Å²) in [5.74, 6) is 1.75. The van der Waals surface area contributed by atoms with Gasteiger partial charge in [-0.1, -0.05) is 12.1 Å². The molecule has 6 nitrogen and oxygen atoms in total. The van der Waals surface area contributed by atoms with Crippen molar-refractivity contribution < 1.29 is 4.74 Å². The molecule has 0 saturated carbocycles. The van der Waals surface area contributed by atoms with E-state index in [0.717, 1.165) is 42.5 Å². The number of aromatic nitrogens is 2. The van der Waals surface area contributed by atoms with E-state index in [1.165, 1.54) is 5.56 Å². The number of hydrogen-bond acceptors (Lipinski definition) is 3. The maximum atomic E-state index is 5.38. The zero-order chi connectivity index (χ0) is 17.4. The lowest BCUT2D eigenvalue weighted by molar-refractivity contribution is 0.411. The Balaban J connectivity index is 0.00000312. The van der Waals surface area contributed by atoms with Crippen molar-refractivity contribution in [2.45, 2.75) is 26.8 Å². The second-order valence-electron chi connectivity index (χ2n) is 5.62. The minimum absolute atomic E-state index is 0. The summed E-state index contributed by atoms with van der Waals surface area (Å²) in [6.45, 7) is 6.35. The second-order valence-corrected chi connectivity index (χ2v) is 5.62. The van der Waals surface area contributed by atoms with Crippen LogP contribution in [0, 0.1) is 6.92 Å². The van der Waals surface area contributed by atoms with Gasteiger partial charge in [-0.05, 0) is 43.5 Å². The summed E-state index contributed by atoms with van der Waals surface area (Å²) in [5, 5.41) is 10.8. The number of methoxy groups -OCH3 is 1. The maximum Gasteiger partial charge on any atom is 0.191 e. The molecule has 0 radical (unpaired) electrons. The molecule has 138 valence electrons. The number of nitrogens with one attached hydrogen (secondary N) is 2. The fourth-order valence-corrected chi connectivity index (χ4v) is 2.40. The lowest BCUT2D eigenvalue weighted by Crippen LogP contribution is -2.38. The third-order valence-electron chi connectivity index (χ3n) is 3.84. The number of benzene rings is 1. The fourth-order valence-electron chi connectivity index (χ4n) is 2.40. The molecule has 0 spiro atoms. The highest BCUT2D eigenvalue weighted by Crippen LogP contribution is 2.18. The van der Waals surface area contributed by atoms with E-state index in [1.54, 1.807) is 13.3 Å². The summed E-state index contributed by atoms with van der Waals surface area (Å²) in [5.41, 5.74) is 3.48. The van der Waals surface area contributed by atoms with Crippen molar-refractivity contribution in [3.63, 3.8) is 0 Å². The number of nitrogens with zero attached hydrogens (tertiary/aromatic N) is 3. The van der Waals surface area contributed by atoms with Gasteiger partial charge < -0.3 is 15.4 Å². The van der Waals surface area contributed by atoms with Crippen LogP contribution in [-0.2, 0) is 20.0 Å². The SMILES string of the molecule is CCNC(=NCc1ccnn1C)NCCc1ccc(C)c(OC)c1.I. The Morgan fingerprint density at radius 3 is 2.72 bits per heavy atom. The maximum absolute atomic E-state index is 5.38. The van der Waals surface area contributed by atoms with Crippen LogP contribution in [0.1, 0.15) is 23.7 Å². The quantitative estimate of drug-likeness (QED) is 0.381. The molecule has 25 heavy (non-hydrogen) atoms. The first kappa shape index (κ1) is 21.3. The van der Waals surface area contributed by atoms with Gasteiger partial charge in [0.15, 0.2) is 5.96 Å². The summed E-state index contributed by atoms with van der Waals surface area (Å²) in [6, 6.07) is 8.30. The minimum atomic E-state index is 0. The molecule has 0 saturated heterocycles.